The summed E-state index contributed by atoms with van der Waals surface area (Å²) < 4.78 is 13.7. The minimum absolute atomic E-state index is 0.0739. The van der Waals surface area contributed by atoms with Crippen LogP contribution in [0.4, 0.5) is 20.3 Å². The molecule has 1 saturated heterocycles. The summed E-state index contributed by atoms with van der Waals surface area (Å²) in [6.07, 6.45) is 2.02. The van der Waals surface area contributed by atoms with E-state index in [2.05, 4.69) is 34.0 Å². The van der Waals surface area contributed by atoms with E-state index in [-0.39, 0.29) is 13.0 Å². The number of hydrogen-bond acceptors (Lipinski definition) is 7. The second kappa shape index (κ2) is 8.13. The van der Waals surface area contributed by atoms with Gasteiger partial charge in [-0.2, -0.15) is 0 Å². The molecule has 30 heavy (non-hydrogen) atoms. The third kappa shape index (κ3) is 3.69. The summed E-state index contributed by atoms with van der Waals surface area (Å²) in [5.74, 6) is -0.0424. The van der Waals surface area contributed by atoms with Gasteiger partial charge in [0.2, 0.25) is 11.9 Å². The SMILES string of the molecule is CCN(CC)c1ncc2c(n1)-c1sc(NC(=O)N3C[C@@H](F)C[C@H]3C(N)=O)nc1CC2. The maximum atomic E-state index is 13.7. The number of aryl methyl sites for hydroxylation is 2. The Kier molecular flexibility index (Phi) is 5.54. The number of carbonyl (C=O) groups is 2. The van der Waals surface area contributed by atoms with Crippen LogP contribution in [0.15, 0.2) is 6.20 Å². The number of aromatic nitrogens is 3. The molecule has 0 bridgehead atoms. The van der Waals surface area contributed by atoms with Crippen molar-refractivity contribution in [1.82, 2.24) is 19.9 Å². The van der Waals surface area contributed by atoms with Gasteiger partial charge in [0, 0.05) is 25.7 Å². The summed E-state index contributed by atoms with van der Waals surface area (Å²) in [4.78, 5) is 42.1. The Balaban J connectivity index is 1.58. The van der Waals surface area contributed by atoms with E-state index in [9.17, 15) is 14.0 Å². The Morgan fingerprint density at radius 2 is 2.10 bits per heavy atom. The van der Waals surface area contributed by atoms with E-state index in [0.717, 1.165) is 52.7 Å². The molecule has 2 atom stereocenters. The minimum Gasteiger partial charge on any atom is -0.368 e. The third-order valence-corrected chi connectivity index (χ3v) is 6.51. The molecule has 2 aromatic heterocycles. The van der Waals surface area contributed by atoms with Gasteiger partial charge in [0.1, 0.15) is 12.2 Å². The first-order chi connectivity index (χ1) is 14.4. The summed E-state index contributed by atoms with van der Waals surface area (Å²) in [5, 5.41) is 3.10. The molecular formula is C19H24FN7O2S. The molecule has 3 N–H and O–H groups in total. The van der Waals surface area contributed by atoms with Crippen molar-refractivity contribution in [2.24, 2.45) is 5.73 Å². The minimum atomic E-state index is -1.26. The van der Waals surface area contributed by atoms with Gasteiger partial charge in [-0.25, -0.2) is 24.1 Å². The van der Waals surface area contributed by atoms with E-state index >= 15 is 0 Å². The normalized spacial score (nSPS) is 19.9. The van der Waals surface area contributed by atoms with Gasteiger partial charge in [0.25, 0.3) is 0 Å². The van der Waals surface area contributed by atoms with Crippen LogP contribution < -0.4 is 16.0 Å². The van der Waals surface area contributed by atoms with Crippen molar-refractivity contribution in [3.8, 4) is 10.6 Å². The molecular weight excluding hydrogens is 409 g/mol. The number of fused-ring (bicyclic) bond motifs is 3. The van der Waals surface area contributed by atoms with Crippen molar-refractivity contribution in [2.75, 3.05) is 29.9 Å². The standard InChI is InChI=1S/C19H24FN7O2S/c1-3-26(4-2)17-22-8-10-5-6-12-15(14(10)24-17)30-18(23-12)25-19(29)27-9-11(20)7-13(27)16(21)28/h8,11,13H,3-7,9H2,1-2H3,(H2,21,28)(H,23,25,29)/t11-,13-/m0/s1. The number of amides is 3. The lowest BCUT2D eigenvalue weighted by Crippen LogP contribution is -2.45. The molecule has 1 aliphatic heterocycles. The molecule has 160 valence electrons. The number of likely N-dealkylation sites (tertiary alicyclic amines) is 1. The Morgan fingerprint density at radius 3 is 2.80 bits per heavy atom. The molecule has 0 aromatic carbocycles. The average Bonchev–Trinajstić information content (AvgIpc) is 3.32. The Morgan fingerprint density at radius 1 is 1.33 bits per heavy atom. The lowest BCUT2D eigenvalue weighted by molar-refractivity contribution is -0.121. The van der Waals surface area contributed by atoms with Crippen LogP contribution in [0.5, 0.6) is 0 Å². The van der Waals surface area contributed by atoms with Crippen molar-refractivity contribution in [1.29, 1.82) is 0 Å². The lowest BCUT2D eigenvalue weighted by Gasteiger charge is -2.21. The van der Waals surface area contributed by atoms with Crippen LogP contribution in [0.25, 0.3) is 10.6 Å². The van der Waals surface area contributed by atoms with Gasteiger partial charge >= 0.3 is 6.03 Å². The van der Waals surface area contributed by atoms with Crippen LogP contribution in [0, 0.1) is 0 Å². The Hall–Kier alpha value is -2.82. The molecule has 1 fully saturated rings. The molecule has 4 rings (SSSR count). The monoisotopic (exact) mass is 433 g/mol. The van der Waals surface area contributed by atoms with Crippen LogP contribution >= 0.6 is 11.3 Å². The van der Waals surface area contributed by atoms with Crippen LogP contribution in [-0.2, 0) is 17.6 Å². The van der Waals surface area contributed by atoms with Gasteiger partial charge in [-0.3, -0.25) is 10.1 Å². The number of primary amides is 1. The number of hydrogen-bond donors (Lipinski definition) is 2. The fraction of sp³-hybridized carbons (Fsp3) is 0.526. The predicted molar refractivity (Wildman–Crippen MR) is 112 cm³/mol. The third-order valence-electron chi connectivity index (χ3n) is 5.49. The number of rotatable bonds is 5. The van der Waals surface area contributed by atoms with Gasteiger partial charge in [0.15, 0.2) is 5.13 Å². The average molecular weight is 434 g/mol. The Labute approximate surface area is 177 Å². The van der Waals surface area contributed by atoms with Gasteiger partial charge < -0.3 is 15.5 Å². The molecule has 0 unspecified atom stereocenters. The topological polar surface area (TPSA) is 117 Å². The molecule has 0 radical (unpaired) electrons. The van der Waals surface area contributed by atoms with Gasteiger partial charge in [0.05, 0.1) is 22.8 Å². The summed E-state index contributed by atoms with van der Waals surface area (Å²) in [5.41, 5.74) is 8.07. The number of carbonyl (C=O) groups excluding carboxylic acids is 2. The molecule has 1 aliphatic carbocycles. The van der Waals surface area contributed by atoms with E-state index in [0.29, 0.717) is 11.1 Å². The zero-order valence-electron chi connectivity index (χ0n) is 16.9. The molecule has 0 saturated carbocycles. The van der Waals surface area contributed by atoms with E-state index < -0.39 is 24.2 Å². The van der Waals surface area contributed by atoms with E-state index in [1.54, 1.807) is 0 Å². The van der Waals surface area contributed by atoms with E-state index in [1.165, 1.54) is 11.3 Å². The van der Waals surface area contributed by atoms with Crippen LogP contribution in [0.3, 0.4) is 0 Å². The smallest absolute Gasteiger partial charge is 0.324 e. The number of thiazole rings is 1. The van der Waals surface area contributed by atoms with Crippen molar-refractivity contribution in [3.63, 3.8) is 0 Å². The summed E-state index contributed by atoms with van der Waals surface area (Å²) in [7, 11) is 0. The van der Waals surface area contributed by atoms with E-state index in [1.807, 2.05) is 6.20 Å². The number of urea groups is 1. The second-order valence-electron chi connectivity index (χ2n) is 7.34. The Bertz CT molecular complexity index is 978. The quantitative estimate of drug-likeness (QED) is 0.745. The summed E-state index contributed by atoms with van der Waals surface area (Å²) >= 11 is 1.32. The number of alkyl halides is 1. The van der Waals surface area contributed by atoms with Crippen LogP contribution in [0.1, 0.15) is 31.5 Å². The lowest BCUT2D eigenvalue weighted by atomic mass is 10.00. The van der Waals surface area contributed by atoms with Gasteiger partial charge in [-0.1, -0.05) is 11.3 Å². The molecule has 11 heteroatoms. The van der Waals surface area contributed by atoms with Crippen LogP contribution in [0.2, 0.25) is 0 Å². The number of nitrogens with zero attached hydrogens (tertiary/aromatic N) is 5. The highest BCUT2D eigenvalue weighted by Crippen LogP contribution is 2.39. The first kappa shape index (κ1) is 20.5. The summed E-state index contributed by atoms with van der Waals surface area (Å²) in [6, 6.07) is -1.52. The molecule has 2 aromatic rings. The van der Waals surface area contributed by atoms with Crippen molar-refractivity contribution in [2.45, 2.75) is 45.3 Å². The molecule has 9 nitrogen and oxygen atoms in total. The molecule has 0 spiro atoms. The highest BCUT2D eigenvalue weighted by atomic mass is 32.1. The second-order valence-corrected chi connectivity index (χ2v) is 8.34. The maximum Gasteiger partial charge on any atom is 0.324 e. The first-order valence-electron chi connectivity index (χ1n) is 10.0. The van der Waals surface area contributed by atoms with Gasteiger partial charge in [-0.05, 0) is 32.3 Å². The largest absolute Gasteiger partial charge is 0.368 e. The summed E-state index contributed by atoms with van der Waals surface area (Å²) in [6.45, 7) is 5.56. The zero-order valence-corrected chi connectivity index (χ0v) is 17.7. The van der Waals surface area contributed by atoms with Gasteiger partial charge in [-0.15, -0.1) is 0 Å². The fourth-order valence-corrected chi connectivity index (χ4v) is 4.92. The number of nitrogens with two attached hydrogens (primary N) is 1. The molecule has 3 heterocycles. The van der Waals surface area contributed by atoms with E-state index in [4.69, 9.17) is 10.7 Å². The zero-order chi connectivity index (χ0) is 21.4. The van der Waals surface area contributed by atoms with Crippen LogP contribution in [-0.4, -0.2) is 63.6 Å². The first-order valence-corrected chi connectivity index (χ1v) is 10.8. The predicted octanol–water partition coefficient (Wildman–Crippen LogP) is 1.97. The molecule has 2 aliphatic rings. The fourth-order valence-electron chi connectivity index (χ4n) is 3.89. The van der Waals surface area contributed by atoms with Crippen molar-refractivity contribution >= 4 is 34.4 Å². The molecule has 3 amide bonds. The van der Waals surface area contributed by atoms with Crippen molar-refractivity contribution < 1.29 is 14.0 Å². The number of halogens is 1. The maximum absolute atomic E-state index is 13.7. The number of nitrogens with one attached hydrogen (secondary N) is 1. The van der Waals surface area contributed by atoms with Crippen molar-refractivity contribution in [3.05, 3.63) is 17.5 Å². The highest BCUT2D eigenvalue weighted by Gasteiger charge is 2.39. The highest BCUT2D eigenvalue weighted by molar-refractivity contribution is 7.19. The number of anilines is 2.